The molecule has 0 radical (unpaired) electrons. The summed E-state index contributed by atoms with van der Waals surface area (Å²) in [5.74, 6) is 1.15. The topological polar surface area (TPSA) is 76.7 Å². The number of carbonyl (C=O) groups excluding carboxylic acids is 2. The monoisotopic (exact) mass is 578 g/mol. The average molecular weight is 579 g/mol. The Labute approximate surface area is 255 Å². The first-order valence-electron chi connectivity index (χ1n) is 15.4. The zero-order chi connectivity index (χ0) is 30.3. The van der Waals surface area contributed by atoms with Crippen LogP contribution < -0.4 is 20.1 Å². The highest BCUT2D eigenvalue weighted by Crippen LogP contribution is 2.26. The first-order chi connectivity index (χ1) is 21.1. The molecule has 0 spiro atoms. The third-order valence-corrected chi connectivity index (χ3v) is 7.34. The van der Waals surface area contributed by atoms with Gasteiger partial charge in [-0.15, -0.1) is 0 Å². The Hall–Kier alpha value is -4.58. The van der Waals surface area contributed by atoms with Crippen molar-refractivity contribution in [3.63, 3.8) is 0 Å². The van der Waals surface area contributed by atoms with E-state index in [1.807, 2.05) is 97.1 Å². The van der Waals surface area contributed by atoms with E-state index >= 15 is 0 Å². The molecule has 0 saturated carbocycles. The van der Waals surface area contributed by atoms with Crippen LogP contribution in [0.1, 0.15) is 74.6 Å². The summed E-state index contributed by atoms with van der Waals surface area (Å²) in [6, 6.07) is 30.6. The van der Waals surface area contributed by atoms with E-state index in [-0.39, 0.29) is 0 Å². The summed E-state index contributed by atoms with van der Waals surface area (Å²) in [6.45, 7) is 4.34. The van der Waals surface area contributed by atoms with Crippen molar-refractivity contribution in [2.45, 2.75) is 71.6 Å². The van der Waals surface area contributed by atoms with Crippen LogP contribution in [0.2, 0.25) is 0 Å². The Kier molecular flexibility index (Phi) is 12.2. The summed E-state index contributed by atoms with van der Waals surface area (Å²) < 4.78 is 11.5. The Balaban J connectivity index is 1.42. The van der Waals surface area contributed by atoms with Crippen molar-refractivity contribution in [2.75, 3.05) is 10.6 Å². The van der Waals surface area contributed by atoms with Gasteiger partial charge in [-0.2, -0.15) is 0 Å². The van der Waals surface area contributed by atoms with Crippen molar-refractivity contribution < 1.29 is 19.1 Å². The highest BCUT2D eigenvalue weighted by atomic mass is 16.6. The van der Waals surface area contributed by atoms with Crippen LogP contribution in [0.15, 0.2) is 97.1 Å². The van der Waals surface area contributed by atoms with Crippen LogP contribution in [-0.4, -0.2) is 12.2 Å². The fourth-order valence-corrected chi connectivity index (χ4v) is 5.02. The molecule has 0 aliphatic rings. The summed E-state index contributed by atoms with van der Waals surface area (Å²) >= 11 is 0. The van der Waals surface area contributed by atoms with Gasteiger partial charge in [-0.3, -0.25) is 10.6 Å². The van der Waals surface area contributed by atoms with E-state index in [4.69, 9.17) is 9.47 Å². The van der Waals surface area contributed by atoms with Crippen molar-refractivity contribution in [1.82, 2.24) is 0 Å². The van der Waals surface area contributed by atoms with E-state index in [9.17, 15) is 9.59 Å². The van der Waals surface area contributed by atoms with Crippen molar-refractivity contribution in [2.24, 2.45) is 0 Å². The normalized spacial score (nSPS) is 10.7. The zero-order valence-electron chi connectivity index (χ0n) is 25.2. The van der Waals surface area contributed by atoms with Crippen LogP contribution in [0.5, 0.6) is 11.5 Å². The Morgan fingerprint density at radius 1 is 0.512 bits per heavy atom. The van der Waals surface area contributed by atoms with Crippen LogP contribution in [0, 0.1) is 0 Å². The number of benzene rings is 4. The smallest absolute Gasteiger partial charge is 0.410 e. The second kappa shape index (κ2) is 16.8. The summed E-state index contributed by atoms with van der Waals surface area (Å²) in [6.07, 6.45) is 7.76. The van der Waals surface area contributed by atoms with Crippen molar-refractivity contribution in [3.8, 4) is 11.5 Å². The van der Waals surface area contributed by atoms with Gasteiger partial charge in [0.15, 0.2) is 0 Å². The lowest BCUT2D eigenvalue weighted by molar-refractivity contribution is 0.213. The summed E-state index contributed by atoms with van der Waals surface area (Å²) in [7, 11) is 0. The number of unbranched alkanes of at least 4 members (excludes halogenated alkanes) is 4. The van der Waals surface area contributed by atoms with Crippen molar-refractivity contribution in [1.29, 1.82) is 0 Å². The Bertz CT molecular complexity index is 1370. The molecule has 0 heterocycles. The minimum absolute atomic E-state index is 0.480. The number of para-hydroxylation sites is 4. The van der Waals surface area contributed by atoms with Gasteiger partial charge in [0.05, 0.1) is 0 Å². The molecule has 0 aliphatic carbocycles. The van der Waals surface area contributed by atoms with Gasteiger partial charge in [0, 0.05) is 17.8 Å². The quantitative estimate of drug-likeness (QED) is 0.146. The van der Waals surface area contributed by atoms with Gasteiger partial charge in [0.2, 0.25) is 0 Å². The van der Waals surface area contributed by atoms with E-state index in [2.05, 4.69) is 24.5 Å². The number of rotatable bonds is 14. The molecule has 0 fully saturated rings. The number of hydrogen-bond acceptors (Lipinski definition) is 4. The van der Waals surface area contributed by atoms with E-state index in [0.717, 1.165) is 73.6 Å². The standard InChI is InChI=1S/C37H42N2O4/c1-3-5-7-17-28-19-11-15-25-34(28)42-36(40)38-32-23-13-9-21-30(32)27-31-22-10-14-24-33(31)39-37(41)43-35-26-16-12-20-29(35)18-8-6-4-2/h9-16,19-26H,3-8,17-18,27H2,1-2H3,(H,38,40)(H,39,41). The lowest BCUT2D eigenvalue weighted by Gasteiger charge is -2.16. The van der Waals surface area contributed by atoms with E-state index in [1.54, 1.807) is 0 Å². The van der Waals surface area contributed by atoms with Gasteiger partial charge in [0.25, 0.3) is 0 Å². The molecule has 4 rings (SSSR count). The molecule has 0 aliphatic heterocycles. The summed E-state index contributed by atoms with van der Waals surface area (Å²) in [5, 5.41) is 5.84. The highest BCUT2D eigenvalue weighted by molar-refractivity contribution is 5.89. The SMILES string of the molecule is CCCCCc1ccccc1OC(=O)Nc1ccccc1Cc1ccccc1NC(=O)Oc1ccccc1CCCCC. The molecule has 224 valence electrons. The predicted octanol–water partition coefficient (Wildman–Crippen LogP) is 9.96. The first-order valence-corrected chi connectivity index (χ1v) is 15.4. The van der Waals surface area contributed by atoms with Crippen molar-refractivity contribution >= 4 is 23.6 Å². The summed E-state index contributed by atoms with van der Waals surface area (Å²) in [4.78, 5) is 25.9. The number of anilines is 2. The average Bonchev–Trinajstić information content (AvgIpc) is 3.01. The molecule has 6 heteroatoms. The van der Waals surface area contributed by atoms with Crippen LogP contribution in [-0.2, 0) is 19.3 Å². The van der Waals surface area contributed by atoms with Crippen LogP contribution in [0.3, 0.4) is 0 Å². The van der Waals surface area contributed by atoms with Gasteiger partial charge < -0.3 is 9.47 Å². The molecule has 2 amide bonds. The van der Waals surface area contributed by atoms with Gasteiger partial charge in [-0.1, -0.05) is 112 Å². The van der Waals surface area contributed by atoms with E-state index in [0.29, 0.717) is 29.3 Å². The van der Waals surface area contributed by atoms with Gasteiger partial charge >= 0.3 is 12.2 Å². The maximum atomic E-state index is 13.0. The number of aryl methyl sites for hydroxylation is 2. The minimum atomic E-state index is -0.539. The zero-order valence-corrected chi connectivity index (χ0v) is 25.2. The molecule has 6 nitrogen and oxygen atoms in total. The number of amides is 2. The van der Waals surface area contributed by atoms with Gasteiger partial charge in [-0.25, -0.2) is 9.59 Å². The molecular weight excluding hydrogens is 536 g/mol. The van der Waals surface area contributed by atoms with Gasteiger partial charge in [-0.05, 0) is 72.2 Å². The lowest BCUT2D eigenvalue weighted by Crippen LogP contribution is -2.19. The molecule has 4 aromatic carbocycles. The number of ether oxygens (including phenoxy) is 2. The maximum absolute atomic E-state index is 13.0. The molecule has 2 N–H and O–H groups in total. The lowest BCUT2D eigenvalue weighted by atomic mass is 10.0. The highest BCUT2D eigenvalue weighted by Gasteiger charge is 2.15. The molecule has 0 aromatic heterocycles. The number of carbonyl (C=O) groups is 2. The fourth-order valence-electron chi connectivity index (χ4n) is 5.02. The largest absolute Gasteiger partial charge is 0.417 e. The van der Waals surface area contributed by atoms with Crippen LogP contribution >= 0.6 is 0 Å². The third kappa shape index (κ3) is 9.74. The Morgan fingerprint density at radius 2 is 0.884 bits per heavy atom. The maximum Gasteiger partial charge on any atom is 0.417 e. The number of hydrogen-bond donors (Lipinski definition) is 2. The molecule has 0 atom stereocenters. The fraction of sp³-hybridized carbons (Fsp3) is 0.297. The molecule has 4 aromatic rings. The van der Waals surface area contributed by atoms with E-state index < -0.39 is 12.2 Å². The summed E-state index contributed by atoms with van der Waals surface area (Å²) in [5.41, 5.74) is 5.12. The van der Waals surface area contributed by atoms with E-state index in [1.165, 1.54) is 0 Å². The molecule has 0 saturated heterocycles. The van der Waals surface area contributed by atoms with Crippen LogP contribution in [0.4, 0.5) is 21.0 Å². The molecule has 0 bridgehead atoms. The minimum Gasteiger partial charge on any atom is -0.410 e. The molecule has 43 heavy (non-hydrogen) atoms. The van der Waals surface area contributed by atoms with Crippen LogP contribution in [0.25, 0.3) is 0 Å². The number of nitrogens with one attached hydrogen (secondary N) is 2. The first kappa shape index (κ1) is 31.4. The third-order valence-electron chi connectivity index (χ3n) is 7.34. The Morgan fingerprint density at radius 3 is 1.30 bits per heavy atom. The molecule has 0 unspecified atom stereocenters. The van der Waals surface area contributed by atoms with Gasteiger partial charge in [0.1, 0.15) is 11.5 Å². The molecular formula is C37H42N2O4. The second-order valence-electron chi connectivity index (χ2n) is 10.6. The predicted molar refractivity (Wildman–Crippen MR) is 174 cm³/mol. The van der Waals surface area contributed by atoms with Crippen molar-refractivity contribution in [3.05, 3.63) is 119 Å². The second-order valence-corrected chi connectivity index (χ2v) is 10.6.